The van der Waals surface area contributed by atoms with Crippen LogP contribution in [0.15, 0.2) is 47.1 Å². The molecule has 4 rings (SSSR count). The highest BCUT2D eigenvalue weighted by molar-refractivity contribution is 5.84. The van der Waals surface area contributed by atoms with E-state index in [4.69, 9.17) is 4.52 Å². The van der Waals surface area contributed by atoms with Gasteiger partial charge in [0.1, 0.15) is 5.82 Å². The number of benzene rings is 2. The van der Waals surface area contributed by atoms with E-state index in [1.165, 1.54) is 17.2 Å². The van der Waals surface area contributed by atoms with E-state index in [1.54, 1.807) is 6.07 Å². The minimum atomic E-state index is -0.183. The molecule has 1 N–H and O–H groups in total. The highest BCUT2D eigenvalue weighted by atomic mass is 19.1. The Morgan fingerprint density at radius 1 is 1.21 bits per heavy atom. The molecule has 1 aromatic heterocycles. The number of nitrogens with one attached hydrogen (secondary N) is 1. The third-order valence-electron chi connectivity index (χ3n) is 6.47. The third kappa shape index (κ3) is 5.04. The van der Waals surface area contributed by atoms with E-state index in [1.807, 2.05) is 20.0 Å². The fourth-order valence-electron chi connectivity index (χ4n) is 4.48. The average Bonchev–Trinajstić information content (AvgIpc) is 3.37. The van der Waals surface area contributed by atoms with Crippen molar-refractivity contribution in [1.29, 1.82) is 0 Å². The Kier molecular flexibility index (Phi) is 7.00. The molecule has 1 aliphatic heterocycles. The normalized spacial score (nSPS) is 13.5. The first-order valence-electron chi connectivity index (χ1n) is 11.6. The van der Waals surface area contributed by atoms with Crippen molar-refractivity contribution in [2.24, 2.45) is 0 Å². The van der Waals surface area contributed by atoms with E-state index in [-0.39, 0.29) is 5.82 Å². The van der Waals surface area contributed by atoms with E-state index < -0.39 is 0 Å². The molecule has 0 spiro atoms. The van der Waals surface area contributed by atoms with Crippen LogP contribution in [0.5, 0.6) is 0 Å². The summed E-state index contributed by atoms with van der Waals surface area (Å²) in [5.74, 6) is -0.183. The molecule has 0 saturated heterocycles. The molecule has 0 fully saturated rings. The van der Waals surface area contributed by atoms with Crippen molar-refractivity contribution in [2.75, 3.05) is 38.1 Å². The number of likely N-dealkylation sites (N-methyl/N-ethyl adjacent to an activating group) is 1. The van der Waals surface area contributed by atoms with Crippen molar-refractivity contribution in [2.45, 2.75) is 40.3 Å². The van der Waals surface area contributed by atoms with Crippen LogP contribution in [0, 0.1) is 19.7 Å². The number of fused-ring (bicyclic) bond motifs is 2. The van der Waals surface area contributed by atoms with Gasteiger partial charge >= 0.3 is 0 Å². The molecular formula is C26H34FN5O. The van der Waals surface area contributed by atoms with Crippen LogP contribution >= 0.6 is 0 Å². The Labute approximate surface area is 195 Å². The van der Waals surface area contributed by atoms with Crippen molar-refractivity contribution >= 4 is 16.7 Å². The van der Waals surface area contributed by atoms with Crippen LogP contribution < -0.4 is 10.2 Å². The van der Waals surface area contributed by atoms with E-state index in [9.17, 15) is 4.39 Å². The molecule has 3 aromatic rings. The summed E-state index contributed by atoms with van der Waals surface area (Å²) in [5, 5.41) is 12.9. The monoisotopic (exact) mass is 451 g/mol. The Bertz CT molecular complexity index is 1140. The van der Waals surface area contributed by atoms with Gasteiger partial charge in [0.2, 0.25) is 0 Å². The van der Waals surface area contributed by atoms with E-state index in [2.05, 4.69) is 58.0 Å². The van der Waals surface area contributed by atoms with Gasteiger partial charge < -0.3 is 19.7 Å². The second kappa shape index (κ2) is 9.93. The van der Waals surface area contributed by atoms with Crippen molar-refractivity contribution in [3.63, 3.8) is 0 Å². The number of hydrazine groups is 1. The molecule has 0 bridgehead atoms. The smallest absolute Gasteiger partial charge is 0.169 e. The zero-order chi connectivity index (χ0) is 23.5. The standard InChI is InChI=1S/C26H34FN5O/c1-6-28-10-7-11-31(25-14-26-24(12-18(25)2)20(4)29-33-26)15-19(3)30(5)32-16-21-8-9-23(27)13-22(21)17-32/h8-9,12-14,28H,3,6-7,10-11,15-17H2,1-2,4-5H3. The number of aryl methyl sites for hydroxylation is 2. The quantitative estimate of drug-likeness (QED) is 0.448. The number of anilines is 1. The number of rotatable bonds is 10. The van der Waals surface area contributed by atoms with Crippen LogP contribution in [0.1, 0.15) is 35.7 Å². The lowest BCUT2D eigenvalue weighted by molar-refractivity contribution is 0.0282. The second-order valence-electron chi connectivity index (χ2n) is 8.86. The van der Waals surface area contributed by atoms with Gasteiger partial charge in [-0.1, -0.05) is 24.7 Å². The van der Waals surface area contributed by atoms with Crippen LogP contribution in [0.3, 0.4) is 0 Å². The molecule has 0 atom stereocenters. The summed E-state index contributed by atoms with van der Waals surface area (Å²) < 4.78 is 19.2. The number of hydrogen-bond acceptors (Lipinski definition) is 6. The Hall–Kier alpha value is -2.90. The molecule has 0 aliphatic carbocycles. The lowest BCUT2D eigenvalue weighted by atomic mass is 10.1. The van der Waals surface area contributed by atoms with Gasteiger partial charge in [-0.15, -0.1) is 0 Å². The maximum Gasteiger partial charge on any atom is 0.169 e. The highest BCUT2D eigenvalue weighted by Crippen LogP contribution is 2.30. The Balaban J connectivity index is 1.51. The first-order valence-corrected chi connectivity index (χ1v) is 11.6. The van der Waals surface area contributed by atoms with E-state index in [0.717, 1.165) is 66.2 Å². The number of nitrogens with zero attached hydrogens (tertiary/aromatic N) is 4. The van der Waals surface area contributed by atoms with Gasteiger partial charge in [0.05, 0.1) is 12.2 Å². The van der Waals surface area contributed by atoms with Gasteiger partial charge in [0.25, 0.3) is 0 Å². The Morgan fingerprint density at radius 3 is 2.79 bits per heavy atom. The fraction of sp³-hybridized carbons (Fsp3) is 0.423. The number of halogens is 1. The molecule has 6 nitrogen and oxygen atoms in total. The lowest BCUT2D eigenvalue weighted by Crippen LogP contribution is -2.40. The predicted molar refractivity (Wildman–Crippen MR) is 131 cm³/mol. The topological polar surface area (TPSA) is 47.8 Å². The largest absolute Gasteiger partial charge is 0.365 e. The van der Waals surface area contributed by atoms with E-state index in [0.29, 0.717) is 13.1 Å². The fourth-order valence-corrected chi connectivity index (χ4v) is 4.48. The molecule has 1 aliphatic rings. The summed E-state index contributed by atoms with van der Waals surface area (Å²) in [6.07, 6.45) is 1.02. The molecule has 33 heavy (non-hydrogen) atoms. The molecule has 176 valence electrons. The molecule has 0 amide bonds. The minimum absolute atomic E-state index is 0.183. The van der Waals surface area contributed by atoms with Gasteiger partial charge in [-0.05, 0) is 68.2 Å². The van der Waals surface area contributed by atoms with Gasteiger partial charge in [0.15, 0.2) is 5.58 Å². The SMILES string of the molecule is C=C(CN(CCCNCC)c1cc2onc(C)c2cc1C)N(C)N1Cc2ccc(F)cc2C1. The van der Waals surface area contributed by atoms with Crippen LogP contribution in [0.2, 0.25) is 0 Å². The third-order valence-corrected chi connectivity index (χ3v) is 6.47. The van der Waals surface area contributed by atoms with Gasteiger partial charge in [-0.2, -0.15) is 0 Å². The first kappa shape index (κ1) is 23.3. The summed E-state index contributed by atoms with van der Waals surface area (Å²) in [6.45, 7) is 15.6. The summed E-state index contributed by atoms with van der Waals surface area (Å²) in [6, 6.07) is 9.31. The highest BCUT2D eigenvalue weighted by Gasteiger charge is 2.24. The van der Waals surface area contributed by atoms with Gasteiger partial charge in [0, 0.05) is 49.5 Å². The zero-order valence-electron chi connectivity index (χ0n) is 20.1. The maximum absolute atomic E-state index is 13.7. The Morgan fingerprint density at radius 2 is 2.00 bits per heavy atom. The van der Waals surface area contributed by atoms with Crippen LogP contribution in [0.25, 0.3) is 11.0 Å². The summed E-state index contributed by atoms with van der Waals surface area (Å²) in [5.41, 5.74) is 7.24. The van der Waals surface area contributed by atoms with Crippen LogP contribution in [0.4, 0.5) is 10.1 Å². The predicted octanol–water partition coefficient (Wildman–Crippen LogP) is 4.77. The molecule has 2 heterocycles. The maximum atomic E-state index is 13.7. The summed E-state index contributed by atoms with van der Waals surface area (Å²) >= 11 is 0. The zero-order valence-corrected chi connectivity index (χ0v) is 20.1. The first-order chi connectivity index (χ1) is 15.9. The van der Waals surface area contributed by atoms with Crippen LogP contribution in [-0.2, 0) is 13.1 Å². The van der Waals surface area contributed by atoms with Crippen molar-refractivity contribution < 1.29 is 8.91 Å². The molecule has 7 heteroatoms. The second-order valence-corrected chi connectivity index (χ2v) is 8.86. The van der Waals surface area contributed by atoms with Crippen LogP contribution in [-0.4, -0.2) is 48.4 Å². The lowest BCUT2D eigenvalue weighted by Gasteiger charge is -2.35. The number of hydrogen-bond donors (Lipinski definition) is 1. The van der Waals surface area contributed by atoms with Gasteiger partial charge in [-0.25, -0.2) is 9.40 Å². The molecule has 0 saturated carbocycles. The van der Waals surface area contributed by atoms with Crippen molar-refractivity contribution in [3.8, 4) is 0 Å². The molecular weight excluding hydrogens is 417 g/mol. The minimum Gasteiger partial charge on any atom is -0.365 e. The number of aromatic nitrogens is 1. The van der Waals surface area contributed by atoms with Crippen molar-refractivity contribution in [1.82, 2.24) is 20.5 Å². The summed E-state index contributed by atoms with van der Waals surface area (Å²) in [7, 11) is 2.04. The molecule has 0 radical (unpaired) electrons. The molecule has 0 unspecified atom stereocenters. The van der Waals surface area contributed by atoms with Gasteiger partial charge in [-0.3, -0.25) is 0 Å². The van der Waals surface area contributed by atoms with Crippen molar-refractivity contribution in [3.05, 3.63) is 70.8 Å². The molecule has 2 aromatic carbocycles. The summed E-state index contributed by atoms with van der Waals surface area (Å²) in [4.78, 5) is 2.37. The van der Waals surface area contributed by atoms with E-state index >= 15 is 0 Å². The average molecular weight is 452 g/mol.